The molecule has 7 nitrogen and oxygen atoms in total. The number of benzene rings is 4. The van der Waals surface area contributed by atoms with Gasteiger partial charge in [0.25, 0.3) is 0 Å². The van der Waals surface area contributed by atoms with Gasteiger partial charge in [0.05, 0.1) is 27.8 Å². The predicted molar refractivity (Wildman–Crippen MR) is 142 cm³/mol. The molecule has 0 bridgehead atoms. The van der Waals surface area contributed by atoms with Crippen LogP contribution in [-0.4, -0.2) is 10.2 Å². The third kappa shape index (κ3) is 4.33. The second kappa shape index (κ2) is 9.70. The summed E-state index contributed by atoms with van der Waals surface area (Å²) in [5.41, 5.74) is -3.00. The summed E-state index contributed by atoms with van der Waals surface area (Å²) < 4.78 is 44.9. The van der Waals surface area contributed by atoms with E-state index < -0.39 is 51.4 Å². The molecule has 6 aromatic rings. The average molecular weight is 540 g/mol. The lowest BCUT2D eigenvalue weighted by Gasteiger charge is -2.20. The first-order chi connectivity index (χ1) is 19.3. The van der Waals surface area contributed by atoms with Gasteiger partial charge in [0, 0.05) is 0 Å². The molecule has 0 saturated carbocycles. The second-order valence-corrected chi connectivity index (χ2v) is 9.01. The second-order valence-electron chi connectivity index (χ2n) is 9.01. The van der Waals surface area contributed by atoms with E-state index in [1.165, 1.54) is 24.3 Å². The molecule has 0 spiro atoms. The van der Waals surface area contributed by atoms with Gasteiger partial charge in [0.2, 0.25) is 0 Å². The topological polar surface area (TPSA) is 110 Å². The summed E-state index contributed by atoms with van der Waals surface area (Å²) in [5, 5.41) is 22.3. The van der Waals surface area contributed by atoms with E-state index in [4.69, 9.17) is 13.6 Å². The first kappa shape index (κ1) is 24.9. The van der Waals surface area contributed by atoms with Gasteiger partial charge in [0.15, 0.2) is 0 Å². The fraction of sp³-hybridized carbons (Fsp3) is 0.0323. The summed E-state index contributed by atoms with van der Waals surface area (Å²) in [5.74, 6) is -3.43. The maximum atomic E-state index is 14.1. The van der Waals surface area contributed by atoms with Crippen molar-refractivity contribution < 1.29 is 32.6 Å². The number of para-hydroxylation sites is 1. The zero-order chi connectivity index (χ0) is 28.0. The lowest BCUT2D eigenvalue weighted by atomic mass is 9.84. The zero-order valence-electron chi connectivity index (χ0n) is 20.4. The highest BCUT2D eigenvalue weighted by atomic mass is 19.1. The van der Waals surface area contributed by atoms with Crippen LogP contribution in [0.3, 0.4) is 0 Å². The largest absolute Gasteiger partial charge is 0.507 e. The number of rotatable bonds is 5. The van der Waals surface area contributed by atoms with Crippen molar-refractivity contribution in [3.63, 3.8) is 0 Å². The van der Waals surface area contributed by atoms with Gasteiger partial charge in [-0.3, -0.25) is 0 Å². The average Bonchev–Trinajstić information content (AvgIpc) is 2.94. The van der Waals surface area contributed by atoms with E-state index in [0.29, 0.717) is 11.5 Å². The van der Waals surface area contributed by atoms with Crippen LogP contribution in [0.1, 0.15) is 22.6 Å². The van der Waals surface area contributed by atoms with Crippen molar-refractivity contribution in [3.05, 3.63) is 140 Å². The highest BCUT2D eigenvalue weighted by Crippen LogP contribution is 2.43. The summed E-state index contributed by atoms with van der Waals surface area (Å²) in [6.45, 7) is 0. The van der Waals surface area contributed by atoms with Crippen molar-refractivity contribution in [2.24, 2.45) is 0 Å². The SMILES string of the molecule is O=c1oc2ccc(F)cc2c(O)c1C(c1cccc(Oc2ccccc2)c1)c1c(O)c2cc(F)ccc2oc1=O. The minimum Gasteiger partial charge on any atom is -0.507 e. The Labute approximate surface area is 223 Å². The Morgan fingerprint density at radius 1 is 0.625 bits per heavy atom. The van der Waals surface area contributed by atoms with Crippen LogP contribution < -0.4 is 16.0 Å². The monoisotopic (exact) mass is 540 g/mol. The van der Waals surface area contributed by atoms with Gasteiger partial charge in [-0.1, -0.05) is 30.3 Å². The van der Waals surface area contributed by atoms with E-state index in [0.717, 1.165) is 24.3 Å². The molecule has 0 atom stereocenters. The molecular formula is C31H18F2O7. The van der Waals surface area contributed by atoms with E-state index in [-0.39, 0.29) is 27.5 Å². The predicted octanol–water partition coefficient (Wildman–Crippen LogP) is 6.56. The third-order valence-corrected chi connectivity index (χ3v) is 6.50. The van der Waals surface area contributed by atoms with Gasteiger partial charge < -0.3 is 23.8 Å². The number of hydrogen-bond acceptors (Lipinski definition) is 7. The quantitative estimate of drug-likeness (QED) is 0.238. The molecule has 9 heteroatoms. The van der Waals surface area contributed by atoms with Crippen LogP contribution in [0.15, 0.2) is 109 Å². The number of hydrogen-bond donors (Lipinski definition) is 2. The summed E-state index contributed by atoms with van der Waals surface area (Å²) in [6.07, 6.45) is 0. The van der Waals surface area contributed by atoms with Crippen LogP contribution in [0.2, 0.25) is 0 Å². The Morgan fingerprint density at radius 2 is 1.15 bits per heavy atom. The Morgan fingerprint density at radius 3 is 1.70 bits per heavy atom. The van der Waals surface area contributed by atoms with E-state index in [9.17, 15) is 28.6 Å². The molecule has 2 N–H and O–H groups in total. The molecule has 0 fully saturated rings. The molecule has 0 radical (unpaired) electrons. The summed E-state index contributed by atoms with van der Waals surface area (Å²) in [6, 6.07) is 21.5. The van der Waals surface area contributed by atoms with E-state index in [1.807, 2.05) is 6.07 Å². The standard InChI is InChI=1S/C31H18F2O7/c32-17-9-11-23-21(14-17)28(34)26(30(36)39-23)25(16-5-4-8-20(13-16)38-19-6-2-1-3-7-19)27-29(35)22-15-18(33)10-12-24(22)40-31(27)37/h1-15,25,34-35H. The first-order valence-electron chi connectivity index (χ1n) is 12.0. The zero-order valence-corrected chi connectivity index (χ0v) is 20.4. The van der Waals surface area contributed by atoms with Crippen molar-refractivity contribution in [3.8, 4) is 23.0 Å². The molecule has 4 aromatic carbocycles. The fourth-order valence-corrected chi connectivity index (χ4v) is 4.71. The lowest BCUT2D eigenvalue weighted by Crippen LogP contribution is -2.21. The lowest BCUT2D eigenvalue weighted by molar-refractivity contribution is 0.440. The molecule has 6 rings (SSSR count). The normalized spacial score (nSPS) is 11.4. The van der Waals surface area contributed by atoms with Crippen LogP contribution >= 0.6 is 0 Å². The van der Waals surface area contributed by atoms with Gasteiger partial charge >= 0.3 is 11.3 Å². The van der Waals surface area contributed by atoms with Crippen molar-refractivity contribution >= 4 is 21.9 Å². The van der Waals surface area contributed by atoms with Crippen LogP contribution in [-0.2, 0) is 0 Å². The summed E-state index contributed by atoms with van der Waals surface area (Å²) in [7, 11) is 0. The number of halogens is 2. The van der Waals surface area contributed by atoms with E-state index >= 15 is 0 Å². The number of ether oxygens (including phenoxy) is 1. The van der Waals surface area contributed by atoms with Crippen LogP contribution in [0, 0.1) is 11.6 Å². The van der Waals surface area contributed by atoms with Gasteiger partial charge in [-0.05, 0) is 66.2 Å². The molecule has 198 valence electrons. The minimum atomic E-state index is -1.49. The fourth-order valence-electron chi connectivity index (χ4n) is 4.71. The van der Waals surface area contributed by atoms with Crippen molar-refractivity contribution in [1.29, 1.82) is 0 Å². The van der Waals surface area contributed by atoms with Crippen molar-refractivity contribution in [2.45, 2.75) is 5.92 Å². The Balaban J connectivity index is 1.65. The summed E-state index contributed by atoms with van der Waals surface area (Å²) >= 11 is 0. The molecule has 0 unspecified atom stereocenters. The van der Waals surface area contributed by atoms with Crippen molar-refractivity contribution in [2.75, 3.05) is 0 Å². The van der Waals surface area contributed by atoms with Gasteiger partial charge in [0.1, 0.15) is 45.8 Å². The van der Waals surface area contributed by atoms with Gasteiger partial charge in [-0.2, -0.15) is 0 Å². The molecule has 0 aliphatic rings. The van der Waals surface area contributed by atoms with Crippen LogP contribution in [0.25, 0.3) is 21.9 Å². The van der Waals surface area contributed by atoms with Crippen LogP contribution in [0.4, 0.5) is 8.78 Å². The Hall–Kier alpha value is -5.44. The maximum Gasteiger partial charge on any atom is 0.344 e. The molecule has 0 saturated heterocycles. The summed E-state index contributed by atoms with van der Waals surface area (Å²) in [4.78, 5) is 26.6. The van der Waals surface area contributed by atoms with Gasteiger partial charge in [-0.25, -0.2) is 18.4 Å². The first-order valence-corrected chi connectivity index (χ1v) is 12.0. The Bertz CT molecular complexity index is 1930. The number of fused-ring (bicyclic) bond motifs is 2. The van der Waals surface area contributed by atoms with E-state index in [2.05, 4.69) is 0 Å². The molecule has 0 amide bonds. The molecule has 0 aliphatic heterocycles. The molecule has 0 aliphatic carbocycles. The molecular weight excluding hydrogens is 522 g/mol. The van der Waals surface area contributed by atoms with Crippen molar-refractivity contribution in [1.82, 2.24) is 0 Å². The van der Waals surface area contributed by atoms with Crippen LogP contribution in [0.5, 0.6) is 23.0 Å². The van der Waals surface area contributed by atoms with Gasteiger partial charge in [-0.15, -0.1) is 0 Å². The third-order valence-electron chi connectivity index (χ3n) is 6.50. The smallest absolute Gasteiger partial charge is 0.344 e. The molecule has 40 heavy (non-hydrogen) atoms. The Kier molecular flexibility index (Phi) is 6.03. The molecule has 2 aromatic heterocycles. The minimum absolute atomic E-state index is 0.0931. The number of aromatic hydroxyl groups is 2. The maximum absolute atomic E-state index is 14.1. The molecule has 2 heterocycles. The highest BCUT2D eigenvalue weighted by molar-refractivity contribution is 5.87. The highest BCUT2D eigenvalue weighted by Gasteiger charge is 2.33. The van der Waals surface area contributed by atoms with E-state index in [1.54, 1.807) is 36.4 Å².